The number of aromatic nitrogens is 3. The Morgan fingerprint density at radius 3 is 2.74 bits per heavy atom. The molecule has 0 aliphatic carbocycles. The molecule has 0 aliphatic heterocycles. The molecule has 104 valence electrons. The quantitative estimate of drug-likeness (QED) is 0.741. The fourth-order valence-corrected chi connectivity index (χ4v) is 2.48. The minimum atomic E-state index is 0.272. The number of hydrogen-bond donors (Lipinski definition) is 1. The zero-order valence-corrected chi connectivity index (χ0v) is 11.8. The fraction of sp³-hybridized carbons (Fsp3) is 0.600. The Bertz CT molecular complexity index is 492. The molecule has 1 unspecified atom stereocenters. The van der Waals surface area contributed by atoms with Crippen LogP contribution in [0, 0.1) is 0 Å². The van der Waals surface area contributed by atoms with Crippen LogP contribution in [0.1, 0.15) is 51.5 Å². The Morgan fingerprint density at radius 1 is 1.16 bits per heavy atom. The topological polar surface area (TPSA) is 56.7 Å². The van der Waals surface area contributed by atoms with Crippen LogP contribution in [-0.4, -0.2) is 21.5 Å². The van der Waals surface area contributed by atoms with Gasteiger partial charge in [0.05, 0.1) is 11.6 Å². The first-order valence-electron chi connectivity index (χ1n) is 7.36. The van der Waals surface area contributed by atoms with Crippen molar-refractivity contribution in [3.05, 3.63) is 24.3 Å². The molecule has 0 bridgehead atoms. The van der Waals surface area contributed by atoms with Gasteiger partial charge >= 0.3 is 0 Å². The monoisotopic (exact) mass is 260 g/mol. The highest BCUT2D eigenvalue weighted by molar-refractivity contribution is 5.73. The zero-order valence-electron chi connectivity index (χ0n) is 11.8. The molecular weight excluding hydrogens is 236 g/mol. The van der Waals surface area contributed by atoms with Gasteiger partial charge in [-0.3, -0.25) is 0 Å². The Morgan fingerprint density at radius 2 is 1.95 bits per heavy atom. The van der Waals surface area contributed by atoms with Crippen molar-refractivity contribution < 1.29 is 0 Å². The van der Waals surface area contributed by atoms with Gasteiger partial charge in [0.25, 0.3) is 0 Å². The summed E-state index contributed by atoms with van der Waals surface area (Å²) in [5.74, 6) is 0. The van der Waals surface area contributed by atoms with Gasteiger partial charge in [-0.15, -0.1) is 5.10 Å². The van der Waals surface area contributed by atoms with Gasteiger partial charge in [0.1, 0.15) is 5.52 Å². The lowest BCUT2D eigenvalue weighted by molar-refractivity contribution is 0.413. The molecule has 2 aromatic rings. The van der Waals surface area contributed by atoms with Gasteiger partial charge in [-0.25, -0.2) is 4.68 Å². The molecule has 2 N–H and O–H groups in total. The summed E-state index contributed by atoms with van der Waals surface area (Å²) in [7, 11) is 0. The van der Waals surface area contributed by atoms with Gasteiger partial charge < -0.3 is 5.73 Å². The van der Waals surface area contributed by atoms with Gasteiger partial charge in [0, 0.05) is 6.54 Å². The lowest BCUT2D eigenvalue weighted by Gasteiger charge is -2.15. The molecule has 0 spiro atoms. The number of hydrogen-bond acceptors (Lipinski definition) is 3. The maximum atomic E-state index is 5.91. The van der Waals surface area contributed by atoms with E-state index in [1.165, 1.54) is 32.1 Å². The average Bonchev–Trinajstić information content (AvgIpc) is 2.87. The van der Waals surface area contributed by atoms with Gasteiger partial charge in [-0.1, -0.05) is 56.4 Å². The molecule has 2 rings (SSSR count). The van der Waals surface area contributed by atoms with Crippen molar-refractivity contribution in [2.75, 3.05) is 6.54 Å². The number of benzene rings is 1. The second-order valence-corrected chi connectivity index (χ2v) is 5.12. The van der Waals surface area contributed by atoms with E-state index in [1.807, 2.05) is 22.9 Å². The molecular formula is C15H24N4. The number of nitrogens with zero attached hydrogens (tertiary/aromatic N) is 3. The molecule has 4 nitrogen and oxygen atoms in total. The van der Waals surface area contributed by atoms with E-state index >= 15 is 0 Å². The fourth-order valence-electron chi connectivity index (χ4n) is 2.48. The predicted molar refractivity (Wildman–Crippen MR) is 79.0 cm³/mol. The van der Waals surface area contributed by atoms with Crippen molar-refractivity contribution in [2.24, 2.45) is 5.73 Å². The minimum absolute atomic E-state index is 0.272. The van der Waals surface area contributed by atoms with Crippen molar-refractivity contribution in [3.63, 3.8) is 0 Å². The normalized spacial score (nSPS) is 12.9. The summed E-state index contributed by atoms with van der Waals surface area (Å²) in [5.41, 5.74) is 7.95. The molecule has 0 fully saturated rings. The minimum Gasteiger partial charge on any atom is -0.328 e. The molecule has 0 aliphatic rings. The second kappa shape index (κ2) is 7.24. The average molecular weight is 260 g/mol. The Balaban J connectivity index is 1.97. The molecule has 0 radical (unpaired) electrons. The number of fused-ring (bicyclic) bond motifs is 1. The Hall–Kier alpha value is -1.42. The van der Waals surface area contributed by atoms with Crippen LogP contribution in [0.5, 0.6) is 0 Å². The standard InChI is InChI=1S/C15H24N4/c1-2-3-4-5-6-9-13(12-16)19-15-11-8-7-10-14(15)17-18-19/h7-8,10-11,13H,2-6,9,12,16H2,1H3. The molecule has 4 heteroatoms. The van der Waals surface area contributed by atoms with Crippen LogP contribution in [0.15, 0.2) is 24.3 Å². The highest BCUT2D eigenvalue weighted by Crippen LogP contribution is 2.20. The summed E-state index contributed by atoms with van der Waals surface area (Å²) in [4.78, 5) is 0. The van der Waals surface area contributed by atoms with Crippen LogP contribution < -0.4 is 5.73 Å². The summed E-state index contributed by atoms with van der Waals surface area (Å²) in [5, 5.41) is 8.47. The third-order valence-electron chi connectivity index (χ3n) is 3.64. The number of para-hydroxylation sites is 1. The third-order valence-corrected chi connectivity index (χ3v) is 3.64. The van der Waals surface area contributed by atoms with E-state index in [9.17, 15) is 0 Å². The van der Waals surface area contributed by atoms with E-state index < -0.39 is 0 Å². The zero-order chi connectivity index (χ0) is 13.5. The molecule has 1 aromatic carbocycles. The highest BCUT2D eigenvalue weighted by Gasteiger charge is 2.13. The third kappa shape index (κ3) is 3.53. The lowest BCUT2D eigenvalue weighted by Crippen LogP contribution is -2.20. The van der Waals surface area contributed by atoms with Crippen LogP contribution >= 0.6 is 0 Å². The lowest BCUT2D eigenvalue weighted by atomic mass is 10.1. The van der Waals surface area contributed by atoms with Crippen molar-refractivity contribution >= 4 is 11.0 Å². The summed E-state index contributed by atoms with van der Waals surface area (Å²) < 4.78 is 2.00. The summed E-state index contributed by atoms with van der Waals surface area (Å²) in [6.07, 6.45) is 7.54. The SMILES string of the molecule is CCCCCCCC(CN)n1nnc2ccccc21. The summed E-state index contributed by atoms with van der Waals surface area (Å²) in [6.45, 7) is 2.87. The molecule has 19 heavy (non-hydrogen) atoms. The molecule has 0 saturated carbocycles. The van der Waals surface area contributed by atoms with E-state index in [0.717, 1.165) is 17.5 Å². The number of nitrogens with two attached hydrogens (primary N) is 1. The van der Waals surface area contributed by atoms with E-state index in [1.54, 1.807) is 0 Å². The highest BCUT2D eigenvalue weighted by atomic mass is 15.4. The van der Waals surface area contributed by atoms with E-state index in [2.05, 4.69) is 23.3 Å². The first-order valence-corrected chi connectivity index (χ1v) is 7.36. The van der Waals surface area contributed by atoms with Crippen LogP contribution in [0.3, 0.4) is 0 Å². The Kier molecular flexibility index (Phi) is 5.33. The molecule has 1 atom stereocenters. The molecule has 1 aromatic heterocycles. The van der Waals surface area contributed by atoms with Crippen molar-refractivity contribution in [1.82, 2.24) is 15.0 Å². The van der Waals surface area contributed by atoms with Crippen LogP contribution in [-0.2, 0) is 0 Å². The van der Waals surface area contributed by atoms with Gasteiger partial charge in [-0.05, 0) is 18.6 Å². The van der Waals surface area contributed by atoms with Crippen molar-refractivity contribution in [1.29, 1.82) is 0 Å². The van der Waals surface area contributed by atoms with E-state index in [-0.39, 0.29) is 6.04 Å². The largest absolute Gasteiger partial charge is 0.328 e. The molecule has 0 amide bonds. The number of unbranched alkanes of at least 4 members (excludes halogenated alkanes) is 4. The molecule has 0 saturated heterocycles. The van der Waals surface area contributed by atoms with E-state index in [0.29, 0.717) is 6.54 Å². The van der Waals surface area contributed by atoms with Crippen molar-refractivity contribution in [2.45, 2.75) is 51.5 Å². The maximum Gasteiger partial charge on any atom is 0.113 e. The number of rotatable bonds is 8. The maximum absolute atomic E-state index is 5.91. The van der Waals surface area contributed by atoms with Crippen molar-refractivity contribution in [3.8, 4) is 0 Å². The van der Waals surface area contributed by atoms with Gasteiger partial charge in [0.2, 0.25) is 0 Å². The first kappa shape index (κ1) is 14.0. The van der Waals surface area contributed by atoms with Gasteiger partial charge in [-0.2, -0.15) is 0 Å². The summed E-state index contributed by atoms with van der Waals surface area (Å²) >= 11 is 0. The predicted octanol–water partition coefficient (Wildman–Crippen LogP) is 3.29. The summed E-state index contributed by atoms with van der Waals surface area (Å²) in [6, 6.07) is 8.34. The van der Waals surface area contributed by atoms with Crippen LogP contribution in [0.2, 0.25) is 0 Å². The van der Waals surface area contributed by atoms with Crippen LogP contribution in [0.4, 0.5) is 0 Å². The first-order chi connectivity index (χ1) is 9.36. The van der Waals surface area contributed by atoms with Crippen LogP contribution in [0.25, 0.3) is 11.0 Å². The second-order valence-electron chi connectivity index (χ2n) is 5.12. The smallest absolute Gasteiger partial charge is 0.113 e. The molecule has 1 heterocycles. The van der Waals surface area contributed by atoms with Gasteiger partial charge in [0.15, 0.2) is 0 Å². The Labute approximate surface area is 115 Å². The van der Waals surface area contributed by atoms with E-state index in [4.69, 9.17) is 5.73 Å².